The number of hydrogen-bond acceptors (Lipinski definition) is 3. The fourth-order valence-electron chi connectivity index (χ4n) is 2.22. The number of thioether (sulfide) groups is 1. The lowest BCUT2D eigenvalue weighted by Gasteiger charge is -2.10. The summed E-state index contributed by atoms with van der Waals surface area (Å²) in [5.41, 5.74) is 9.89. The molecular weight excluding hydrogens is 206 g/mol. The molecule has 82 valence electrons. The standard InChI is InChI=1S/C11H17N3S/c12-5-11-9-7-15-4-3-10(9)13-14(11)6-8-1-2-8/h8H,1-7,12H2. The van der Waals surface area contributed by atoms with Gasteiger partial charge in [-0.2, -0.15) is 16.9 Å². The van der Waals surface area contributed by atoms with Crippen molar-refractivity contribution in [3.8, 4) is 0 Å². The molecule has 0 aromatic carbocycles. The average molecular weight is 223 g/mol. The third kappa shape index (κ3) is 1.81. The summed E-state index contributed by atoms with van der Waals surface area (Å²) in [5.74, 6) is 3.22. The number of aryl methyl sites for hydroxylation is 1. The molecule has 0 radical (unpaired) electrons. The second-order valence-corrected chi connectivity index (χ2v) is 5.61. The SMILES string of the molecule is NCc1c2c(nn1CC1CC1)CCSC2. The zero-order valence-electron chi connectivity index (χ0n) is 8.91. The lowest BCUT2D eigenvalue weighted by atomic mass is 10.1. The molecule has 15 heavy (non-hydrogen) atoms. The van der Waals surface area contributed by atoms with Crippen LogP contribution in [0.15, 0.2) is 0 Å². The summed E-state index contributed by atoms with van der Waals surface area (Å²) in [5, 5.41) is 4.73. The lowest BCUT2D eigenvalue weighted by molar-refractivity contribution is 0.535. The van der Waals surface area contributed by atoms with Crippen LogP contribution in [-0.2, 0) is 25.3 Å². The highest BCUT2D eigenvalue weighted by Gasteiger charge is 2.26. The Bertz CT molecular complexity index is 368. The quantitative estimate of drug-likeness (QED) is 0.845. The molecule has 1 aromatic heterocycles. The third-order valence-electron chi connectivity index (χ3n) is 3.30. The molecule has 1 fully saturated rings. The Morgan fingerprint density at radius 3 is 3.07 bits per heavy atom. The Kier molecular flexibility index (Phi) is 2.48. The van der Waals surface area contributed by atoms with Crippen molar-refractivity contribution < 1.29 is 0 Å². The van der Waals surface area contributed by atoms with E-state index in [9.17, 15) is 0 Å². The summed E-state index contributed by atoms with van der Waals surface area (Å²) >= 11 is 2.01. The van der Waals surface area contributed by atoms with E-state index in [4.69, 9.17) is 10.8 Å². The zero-order chi connectivity index (χ0) is 10.3. The maximum atomic E-state index is 5.85. The molecule has 3 rings (SSSR count). The first-order chi connectivity index (χ1) is 7.38. The van der Waals surface area contributed by atoms with Crippen molar-refractivity contribution in [2.24, 2.45) is 11.7 Å². The van der Waals surface area contributed by atoms with Gasteiger partial charge in [-0.15, -0.1) is 0 Å². The smallest absolute Gasteiger partial charge is 0.0676 e. The summed E-state index contributed by atoms with van der Waals surface area (Å²) < 4.78 is 2.19. The van der Waals surface area contributed by atoms with Crippen molar-refractivity contribution in [3.63, 3.8) is 0 Å². The minimum absolute atomic E-state index is 0.648. The largest absolute Gasteiger partial charge is 0.325 e. The molecule has 1 aromatic rings. The normalized spacial score (nSPS) is 20.3. The first-order valence-corrected chi connectivity index (χ1v) is 6.89. The molecule has 3 nitrogen and oxygen atoms in total. The molecule has 2 heterocycles. The van der Waals surface area contributed by atoms with E-state index in [1.165, 1.54) is 35.5 Å². The number of nitrogens with two attached hydrogens (primary N) is 1. The molecule has 1 aliphatic heterocycles. The van der Waals surface area contributed by atoms with Gasteiger partial charge in [0.25, 0.3) is 0 Å². The Balaban J connectivity index is 1.93. The lowest BCUT2D eigenvalue weighted by Crippen LogP contribution is -2.11. The summed E-state index contributed by atoms with van der Waals surface area (Å²) in [6.45, 7) is 1.75. The topological polar surface area (TPSA) is 43.8 Å². The molecule has 2 aliphatic rings. The van der Waals surface area contributed by atoms with Gasteiger partial charge in [0.2, 0.25) is 0 Å². The monoisotopic (exact) mass is 223 g/mol. The van der Waals surface area contributed by atoms with Gasteiger partial charge in [0.15, 0.2) is 0 Å². The van der Waals surface area contributed by atoms with Gasteiger partial charge in [-0.25, -0.2) is 0 Å². The van der Waals surface area contributed by atoms with Gasteiger partial charge in [0, 0.05) is 30.8 Å². The molecule has 0 atom stereocenters. The van der Waals surface area contributed by atoms with E-state index >= 15 is 0 Å². The minimum Gasteiger partial charge on any atom is -0.325 e. The van der Waals surface area contributed by atoms with Crippen molar-refractivity contribution in [1.29, 1.82) is 0 Å². The summed E-state index contributed by atoms with van der Waals surface area (Å²) in [7, 11) is 0. The molecule has 1 aliphatic carbocycles. The predicted molar refractivity (Wildman–Crippen MR) is 62.7 cm³/mol. The van der Waals surface area contributed by atoms with Crippen LogP contribution in [0.4, 0.5) is 0 Å². The van der Waals surface area contributed by atoms with Gasteiger partial charge in [-0.1, -0.05) is 0 Å². The Labute approximate surface area is 94.4 Å². The van der Waals surface area contributed by atoms with Crippen LogP contribution in [0.2, 0.25) is 0 Å². The van der Waals surface area contributed by atoms with Gasteiger partial charge in [-0.3, -0.25) is 4.68 Å². The number of nitrogens with zero attached hydrogens (tertiary/aromatic N) is 2. The molecule has 0 saturated heterocycles. The molecule has 1 saturated carbocycles. The van der Waals surface area contributed by atoms with Gasteiger partial charge in [-0.05, 0) is 24.5 Å². The number of rotatable bonds is 3. The maximum absolute atomic E-state index is 5.85. The number of hydrogen-bond donors (Lipinski definition) is 1. The van der Waals surface area contributed by atoms with Gasteiger partial charge < -0.3 is 5.73 Å². The van der Waals surface area contributed by atoms with Crippen molar-refractivity contribution in [1.82, 2.24) is 9.78 Å². The van der Waals surface area contributed by atoms with Crippen molar-refractivity contribution in [2.75, 3.05) is 5.75 Å². The molecule has 0 bridgehead atoms. The van der Waals surface area contributed by atoms with Crippen LogP contribution in [0.25, 0.3) is 0 Å². The molecular formula is C11H17N3S. The minimum atomic E-state index is 0.648. The Hall–Kier alpha value is -0.480. The van der Waals surface area contributed by atoms with E-state index < -0.39 is 0 Å². The second kappa shape index (κ2) is 3.83. The van der Waals surface area contributed by atoms with E-state index in [2.05, 4.69) is 4.68 Å². The molecule has 0 spiro atoms. The van der Waals surface area contributed by atoms with E-state index in [1.807, 2.05) is 11.8 Å². The van der Waals surface area contributed by atoms with Gasteiger partial charge in [0.1, 0.15) is 0 Å². The van der Waals surface area contributed by atoms with Crippen LogP contribution in [0, 0.1) is 5.92 Å². The molecule has 4 heteroatoms. The second-order valence-electron chi connectivity index (χ2n) is 4.50. The van der Waals surface area contributed by atoms with Crippen molar-refractivity contribution in [3.05, 3.63) is 17.0 Å². The Morgan fingerprint density at radius 2 is 2.33 bits per heavy atom. The van der Waals surface area contributed by atoms with E-state index in [1.54, 1.807) is 0 Å². The molecule has 0 unspecified atom stereocenters. The average Bonchev–Trinajstić information content (AvgIpc) is 2.99. The van der Waals surface area contributed by atoms with Crippen molar-refractivity contribution in [2.45, 2.75) is 38.1 Å². The first-order valence-electron chi connectivity index (χ1n) is 5.73. The third-order valence-corrected chi connectivity index (χ3v) is 4.29. The molecule has 2 N–H and O–H groups in total. The van der Waals surface area contributed by atoms with Gasteiger partial charge in [0.05, 0.1) is 11.4 Å². The van der Waals surface area contributed by atoms with E-state index in [-0.39, 0.29) is 0 Å². The van der Waals surface area contributed by atoms with Crippen LogP contribution in [0.1, 0.15) is 29.8 Å². The van der Waals surface area contributed by atoms with Crippen LogP contribution >= 0.6 is 11.8 Å². The Morgan fingerprint density at radius 1 is 1.47 bits per heavy atom. The van der Waals surface area contributed by atoms with Crippen LogP contribution in [-0.4, -0.2) is 15.5 Å². The van der Waals surface area contributed by atoms with Crippen LogP contribution in [0.5, 0.6) is 0 Å². The van der Waals surface area contributed by atoms with E-state index in [0.717, 1.165) is 24.6 Å². The first kappa shape index (κ1) is 9.73. The highest BCUT2D eigenvalue weighted by Crippen LogP contribution is 2.33. The zero-order valence-corrected chi connectivity index (χ0v) is 9.72. The van der Waals surface area contributed by atoms with E-state index in [0.29, 0.717) is 6.54 Å². The summed E-state index contributed by atoms with van der Waals surface area (Å²) in [4.78, 5) is 0. The van der Waals surface area contributed by atoms with Crippen LogP contribution < -0.4 is 5.73 Å². The predicted octanol–water partition coefficient (Wildman–Crippen LogP) is 1.54. The van der Waals surface area contributed by atoms with Crippen LogP contribution in [0.3, 0.4) is 0 Å². The summed E-state index contributed by atoms with van der Waals surface area (Å²) in [6, 6.07) is 0. The number of aromatic nitrogens is 2. The van der Waals surface area contributed by atoms with Gasteiger partial charge >= 0.3 is 0 Å². The molecule has 0 amide bonds. The maximum Gasteiger partial charge on any atom is 0.0676 e. The van der Waals surface area contributed by atoms with Crippen molar-refractivity contribution >= 4 is 11.8 Å². The fraction of sp³-hybridized carbons (Fsp3) is 0.727. The fourth-order valence-corrected chi connectivity index (χ4v) is 3.24. The highest BCUT2D eigenvalue weighted by atomic mass is 32.2. The number of fused-ring (bicyclic) bond motifs is 1. The highest BCUT2D eigenvalue weighted by molar-refractivity contribution is 7.98. The summed E-state index contributed by atoms with van der Waals surface area (Å²) in [6.07, 6.45) is 3.89.